The zero-order chi connectivity index (χ0) is 18.2. The first-order valence-electron chi connectivity index (χ1n) is 9.51. The van der Waals surface area contributed by atoms with Gasteiger partial charge in [-0.2, -0.15) is 0 Å². The first-order valence-corrected chi connectivity index (χ1v) is 9.51. The second-order valence-corrected chi connectivity index (χ2v) is 6.66. The minimum atomic E-state index is 0. The first kappa shape index (κ1) is 21.5. The van der Waals surface area contributed by atoms with Gasteiger partial charge in [0.15, 0.2) is 5.96 Å². The summed E-state index contributed by atoms with van der Waals surface area (Å²) < 4.78 is 2.21. The number of aromatic nitrogens is 2. The fraction of sp³-hybridized carbons (Fsp3) is 0.500. The van der Waals surface area contributed by atoms with Gasteiger partial charge < -0.3 is 19.7 Å². The summed E-state index contributed by atoms with van der Waals surface area (Å²) in [7, 11) is 1.88. The van der Waals surface area contributed by atoms with E-state index in [-0.39, 0.29) is 24.0 Å². The highest BCUT2D eigenvalue weighted by Gasteiger charge is 2.19. The van der Waals surface area contributed by atoms with Gasteiger partial charge in [0.2, 0.25) is 0 Å². The van der Waals surface area contributed by atoms with Crippen molar-refractivity contribution >= 4 is 35.6 Å². The molecule has 1 aliphatic rings. The Kier molecular flexibility index (Phi) is 8.90. The normalized spacial score (nSPS) is 14.8. The molecule has 1 aromatic heterocycles. The van der Waals surface area contributed by atoms with E-state index in [4.69, 9.17) is 0 Å². The van der Waals surface area contributed by atoms with Crippen LogP contribution in [0.3, 0.4) is 0 Å². The van der Waals surface area contributed by atoms with Gasteiger partial charge in [-0.3, -0.25) is 4.99 Å². The molecule has 2 aromatic rings. The van der Waals surface area contributed by atoms with E-state index < -0.39 is 0 Å². The highest BCUT2D eigenvalue weighted by Crippen LogP contribution is 2.15. The molecule has 6 nitrogen and oxygen atoms in total. The number of imidazole rings is 1. The van der Waals surface area contributed by atoms with Crippen LogP contribution in [0.2, 0.25) is 0 Å². The summed E-state index contributed by atoms with van der Waals surface area (Å²) >= 11 is 0. The maximum atomic E-state index is 4.47. The maximum Gasteiger partial charge on any atom is 0.193 e. The van der Waals surface area contributed by atoms with Crippen LogP contribution in [0.5, 0.6) is 0 Å². The van der Waals surface area contributed by atoms with Gasteiger partial charge >= 0.3 is 0 Å². The van der Waals surface area contributed by atoms with Crippen molar-refractivity contribution in [3.8, 4) is 0 Å². The Morgan fingerprint density at radius 2 is 1.85 bits per heavy atom. The molecule has 0 bridgehead atoms. The van der Waals surface area contributed by atoms with Gasteiger partial charge in [-0.15, -0.1) is 24.0 Å². The average Bonchev–Trinajstić information content (AvgIpc) is 3.10. The number of guanidine groups is 1. The minimum absolute atomic E-state index is 0. The highest BCUT2D eigenvalue weighted by atomic mass is 127. The molecule has 3 rings (SSSR count). The number of halogens is 1. The van der Waals surface area contributed by atoms with E-state index in [1.165, 1.54) is 5.69 Å². The van der Waals surface area contributed by atoms with Gasteiger partial charge in [0.05, 0.1) is 0 Å². The molecule has 0 amide bonds. The SMILES string of the molecule is CN=C(NCCCCn1ccnc1C)N1CCN(c2ccccc2)CC1.I. The van der Waals surface area contributed by atoms with Crippen LogP contribution in [0.1, 0.15) is 18.7 Å². The van der Waals surface area contributed by atoms with Gasteiger partial charge in [0.1, 0.15) is 5.82 Å². The lowest BCUT2D eigenvalue weighted by Crippen LogP contribution is -2.52. The Hall–Kier alpha value is -1.77. The standard InChI is InChI=1S/C20H30N6.HI/c1-18-22-11-13-24(18)12-7-6-10-23-20(21-2)26-16-14-25(15-17-26)19-8-4-3-5-9-19;/h3-5,8-9,11,13H,6-7,10,12,14-17H2,1-2H3,(H,21,23);1H. The molecular formula is C20H31IN6. The van der Waals surface area contributed by atoms with E-state index in [0.717, 1.165) is 63.9 Å². The molecule has 1 aliphatic heterocycles. The number of aliphatic imine (C=N–C) groups is 1. The number of nitrogens with one attached hydrogen (secondary N) is 1. The maximum absolute atomic E-state index is 4.47. The molecule has 1 fully saturated rings. The Bertz CT molecular complexity index is 692. The molecule has 27 heavy (non-hydrogen) atoms. The number of rotatable bonds is 6. The van der Waals surface area contributed by atoms with E-state index in [2.05, 4.69) is 66.9 Å². The van der Waals surface area contributed by atoms with Crippen molar-refractivity contribution < 1.29 is 0 Å². The summed E-state index contributed by atoms with van der Waals surface area (Å²) in [4.78, 5) is 13.5. The van der Waals surface area contributed by atoms with Crippen molar-refractivity contribution in [1.82, 2.24) is 19.8 Å². The number of hydrogen-bond donors (Lipinski definition) is 1. The smallest absolute Gasteiger partial charge is 0.193 e. The number of para-hydroxylation sites is 1. The van der Waals surface area contributed by atoms with E-state index in [9.17, 15) is 0 Å². The Balaban J connectivity index is 0.00000261. The average molecular weight is 482 g/mol. The topological polar surface area (TPSA) is 48.7 Å². The molecule has 0 unspecified atom stereocenters. The second-order valence-electron chi connectivity index (χ2n) is 6.66. The zero-order valence-corrected chi connectivity index (χ0v) is 18.7. The predicted molar refractivity (Wildman–Crippen MR) is 123 cm³/mol. The number of benzene rings is 1. The van der Waals surface area contributed by atoms with Crippen molar-refractivity contribution in [1.29, 1.82) is 0 Å². The molecule has 7 heteroatoms. The van der Waals surface area contributed by atoms with Gasteiger partial charge in [0, 0.05) is 64.4 Å². The van der Waals surface area contributed by atoms with Crippen LogP contribution < -0.4 is 10.2 Å². The van der Waals surface area contributed by atoms with E-state index >= 15 is 0 Å². The Morgan fingerprint density at radius 1 is 1.11 bits per heavy atom. The summed E-state index contributed by atoms with van der Waals surface area (Å²) in [5.41, 5.74) is 1.31. The van der Waals surface area contributed by atoms with Crippen molar-refractivity contribution in [2.45, 2.75) is 26.3 Å². The van der Waals surface area contributed by atoms with Crippen LogP contribution in [-0.2, 0) is 6.54 Å². The predicted octanol–water partition coefficient (Wildman–Crippen LogP) is 2.99. The third-order valence-electron chi connectivity index (χ3n) is 4.94. The van der Waals surface area contributed by atoms with E-state index in [1.54, 1.807) is 0 Å². The number of aryl methyl sites for hydroxylation is 2. The Morgan fingerprint density at radius 3 is 2.48 bits per heavy atom. The van der Waals surface area contributed by atoms with Gasteiger partial charge in [-0.1, -0.05) is 18.2 Å². The lowest BCUT2D eigenvalue weighted by Gasteiger charge is -2.37. The summed E-state index contributed by atoms with van der Waals surface area (Å²) in [5, 5.41) is 3.52. The summed E-state index contributed by atoms with van der Waals surface area (Å²) in [6.45, 7) is 8.11. The summed E-state index contributed by atoms with van der Waals surface area (Å²) in [6.07, 6.45) is 6.18. The molecular weight excluding hydrogens is 451 g/mol. The van der Waals surface area contributed by atoms with Crippen LogP contribution in [0, 0.1) is 6.92 Å². The number of anilines is 1. The molecule has 148 valence electrons. The molecule has 0 saturated carbocycles. The second kappa shape index (κ2) is 11.2. The van der Waals surface area contributed by atoms with Crippen LogP contribution in [0.15, 0.2) is 47.7 Å². The Labute approximate surface area is 179 Å². The van der Waals surface area contributed by atoms with Crippen LogP contribution in [-0.4, -0.2) is 60.2 Å². The van der Waals surface area contributed by atoms with E-state index in [1.807, 2.05) is 19.4 Å². The number of piperazine rings is 1. The molecule has 2 heterocycles. The molecule has 1 saturated heterocycles. The molecule has 1 aromatic carbocycles. The van der Waals surface area contributed by atoms with Crippen molar-refractivity contribution in [3.05, 3.63) is 48.5 Å². The lowest BCUT2D eigenvalue weighted by molar-refractivity contribution is 0.372. The third-order valence-corrected chi connectivity index (χ3v) is 4.94. The fourth-order valence-electron chi connectivity index (χ4n) is 3.39. The number of unbranched alkanes of at least 4 members (excludes halogenated alkanes) is 1. The van der Waals surface area contributed by atoms with Gasteiger partial charge in [0.25, 0.3) is 0 Å². The van der Waals surface area contributed by atoms with Crippen LogP contribution >= 0.6 is 24.0 Å². The van der Waals surface area contributed by atoms with Gasteiger partial charge in [-0.25, -0.2) is 4.98 Å². The van der Waals surface area contributed by atoms with Crippen LogP contribution in [0.25, 0.3) is 0 Å². The lowest BCUT2D eigenvalue weighted by atomic mass is 10.2. The third kappa shape index (κ3) is 6.12. The monoisotopic (exact) mass is 482 g/mol. The molecule has 0 radical (unpaired) electrons. The first-order chi connectivity index (χ1) is 12.8. The zero-order valence-electron chi connectivity index (χ0n) is 16.3. The number of hydrogen-bond acceptors (Lipinski definition) is 3. The minimum Gasteiger partial charge on any atom is -0.368 e. The quantitative estimate of drug-likeness (QED) is 0.298. The van der Waals surface area contributed by atoms with Crippen molar-refractivity contribution in [2.24, 2.45) is 4.99 Å². The molecule has 1 N–H and O–H groups in total. The fourth-order valence-corrected chi connectivity index (χ4v) is 3.39. The van der Waals surface area contributed by atoms with Crippen molar-refractivity contribution in [3.63, 3.8) is 0 Å². The highest BCUT2D eigenvalue weighted by molar-refractivity contribution is 14.0. The van der Waals surface area contributed by atoms with Crippen LogP contribution in [0.4, 0.5) is 5.69 Å². The van der Waals surface area contributed by atoms with E-state index in [0.29, 0.717) is 0 Å². The summed E-state index contributed by atoms with van der Waals surface area (Å²) in [5.74, 6) is 2.11. The number of nitrogens with zero attached hydrogens (tertiary/aromatic N) is 5. The molecule has 0 spiro atoms. The molecule has 0 atom stereocenters. The largest absolute Gasteiger partial charge is 0.368 e. The molecule has 0 aliphatic carbocycles. The summed E-state index contributed by atoms with van der Waals surface area (Å²) in [6, 6.07) is 10.6. The van der Waals surface area contributed by atoms with Gasteiger partial charge in [-0.05, 0) is 31.9 Å². The van der Waals surface area contributed by atoms with Crippen molar-refractivity contribution in [2.75, 3.05) is 44.7 Å².